The molecule has 2 aromatic rings. The third kappa shape index (κ3) is 3.04. The van der Waals surface area contributed by atoms with Gasteiger partial charge in [-0.05, 0) is 37.8 Å². The van der Waals surface area contributed by atoms with Gasteiger partial charge >= 0.3 is 0 Å². The Balaban J connectivity index is 1.60. The third-order valence-electron chi connectivity index (χ3n) is 5.02. The summed E-state index contributed by atoms with van der Waals surface area (Å²) in [5.74, 6) is -0.139. The number of fused-ring (bicyclic) bond motifs is 1. The van der Waals surface area contributed by atoms with Crippen LogP contribution in [0.5, 0.6) is 0 Å². The number of nitrogens with zero attached hydrogens (tertiary/aromatic N) is 4. The number of carbonyl (C=O) groups is 1. The van der Waals surface area contributed by atoms with Crippen LogP contribution in [0.25, 0.3) is 11.0 Å². The van der Waals surface area contributed by atoms with Gasteiger partial charge in [0.05, 0.1) is 17.6 Å². The highest BCUT2D eigenvalue weighted by atomic mass is 32.2. The summed E-state index contributed by atoms with van der Waals surface area (Å²) in [5.41, 5.74) is 1.01. The van der Waals surface area contributed by atoms with E-state index in [2.05, 4.69) is 8.75 Å². The Bertz CT molecular complexity index is 890. The normalized spacial score (nSPS) is 22.6. The van der Waals surface area contributed by atoms with E-state index in [9.17, 15) is 13.2 Å². The Hall–Kier alpha value is -1.58. The number of hydrogen-bond donors (Lipinski definition) is 0. The molecule has 1 aromatic carbocycles. The second-order valence-electron chi connectivity index (χ2n) is 6.62. The fraction of sp³-hybridized carbons (Fsp3) is 0.562. The summed E-state index contributed by atoms with van der Waals surface area (Å²) in [6.45, 7) is 2.30. The molecular weight excluding hydrogens is 360 g/mol. The number of benzene rings is 1. The van der Waals surface area contributed by atoms with E-state index in [1.165, 1.54) is 4.31 Å². The van der Waals surface area contributed by atoms with Crippen molar-refractivity contribution in [2.24, 2.45) is 5.92 Å². The van der Waals surface area contributed by atoms with E-state index in [4.69, 9.17) is 0 Å². The molecular formula is C16H20N4O3S2. The van der Waals surface area contributed by atoms with E-state index in [0.717, 1.165) is 44.1 Å². The molecule has 25 heavy (non-hydrogen) atoms. The minimum Gasteiger partial charge on any atom is -0.342 e. The summed E-state index contributed by atoms with van der Waals surface area (Å²) in [7, 11) is -3.68. The minimum atomic E-state index is -3.68. The fourth-order valence-electron chi connectivity index (χ4n) is 3.69. The monoisotopic (exact) mass is 380 g/mol. The van der Waals surface area contributed by atoms with Gasteiger partial charge in [-0.1, -0.05) is 6.07 Å². The molecule has 1 atom stereocenters. The largest absolute Gasteiger partial charge is 0.342 e. The molecule has 0 N–H and O–H groups in total. The van der Waals surface area contributed by atoms with Gasteiger partial charge in [0.2, 0.25) is 15.9 Å². The molecule has 0 saturated carbocycles. The zero-order valence-corrected chi connectivity index (χ0v) is 15.4. The molecule has 7 nitrogen and oxygen atoms in total. The molecule has 0 aliphatic carbocycles. The van der Waals surface area contributed by atoms with Crippen LogP contribution in [0.2, 0.25) is 0 Å². The molecule has 0 unspecified atom stereocenters. The molecule has 3 heterocycles. The molecule has 1 aromatic heterocycles. The van der Waals surface area contributed by atoms with Crippen molar-refractivity contribution >= 4 is 38.7 Å². The lowest BCUT2D eigenvalue weighted by Crippen LogP contribution is -2.46. The second kappa shape index (κ2) is 6.62. The number of likely N-dealkylation sites (tertiary alicyclic amines) is 1. The van der Waals surface area contributed by atoms with Gasteiger partial charge in [-0.25, -0.2) is 8.42 Å². The molecule has 0 spiro atoms. The van der Waals surface area contributed by atoms with Gasteiger partial charge in [-0.3, -0.25) is 4.79 Å². The second-order valence-corrected chi connectivity index (χ2v) is 9.06. The lowest BCUT2D eigenvalue weighted by molar-refractivity contribution is -0.135. The van der Waals surface area contributed by atoms with Crippen molar-refractivity contribution in [3.8, 4) is 0 Å². The summed E-state index contributed by atoms with van der Waals surface area (Å²) in [5, 5.41) is 0. The van der Waals surface area contributed by atoms with Crippen molar-refractivity contribution in [1.29, 1.82) is 0 Å². The minimum absolute atomic E-state index is 0.103. The van der Waals surface area contributed by atoms with E-state index in [1.54, 1.807) is 18.2 Å². The summed E-state index contributed by atoms with van der Waals surface area (Å²) in [6, 6.07) is 5.02. The van der Waals surface area contributed by atoms with Crippen molar-refractivity contribution in [3.05, 3.63) is 18.2 Å². The summed E-state index contributed by atoms with van der Waals surface area (Å²) < 4.78 is 36.0. The van der Waals surface area contributed by atoms with Crippen LogP contribution < -0.4 is 0 Å². The van der Waals surface area contributed by atoms with E-state index >= 15 is 0 Å². The summed E-state index contributed by atoms with van der Waals surface area (Å²) >= 11 is 1.01. The topological polar surface area (TPSA) is 83.5 Å². The first-order valence-corrected chi connectivity index (χ1v) is 10.7. The van der Waals surface area contributed by atoms with Gasteiger partial charge in [0.15, 0.2) is 0 Å². The molecule has 2 saturated heterocycles. The molecule has 2 aliphatic rings. The van der Waals surface area contributed by atoms with Gasteiger partial charge in [0, 0.05) is 26.2 Å². The standard InChI is InChI=1S/C16H20N4O3S2/c21-16(19-8-1-2-9-19)12-5-4-10-20(11-12)25(22,23)14-7-3-6-13-15(14)18-24-17-13/h3,6-7,12H,1-2,4-5,8-11H2/t12-/m1/s1. The van der Waals surface area contributed by atoms with Gasteiger partial charge in [-0.15, -0.1) is 0 Å². The van der Waals surface area contributed by atoms with Crippen molar-refractivity contribution in [3.63, 3.8) is 0 Å². The maximum Gasteiger partial charge on any atom is 0.245 e. The highest BCUT2D eigenvalue weighted by Gasteiger charge is 2.36. The van der Waals surface area contributed by atoms with Gasteiger partial charge in [0.25, 0.3) is 0 Å². The zero-order chi connectivity index (χ0) is 17.4. The molecule has 0 radical (unpaired) electrons. The number of piperidine rings is 1. The van der Waals surface area contributed by atoms with Gasteiger partial charge in [-0.2, -0.15) is 13.1 Å². The lowest BCUT2D eigenvalue weighted by atomic mass is 9.98. The number of rotatable bonds is 3. The highest BCUT2D eigenvalue weighted by molar-refractivity contribution is 7.89. The molecule has 9 heteroatoms. The molecule has 2 aliphatic heterocycles. The average Bonchev–Trinajstić information content (AvgIpc) is 3.32. The first-order chi connectivity index (χ1) is 12.1. The lowest BCUT2D eigenvalue weighted by Gasteiger charge is -2.33. The molecule has 134 valence electrons. The quantitative estimate of drug-likeness (QED) is 0.809. The van der Waals surface area contributed by atoms with Gasteiger partial charge in [0.1, 0.15) is 15.9 Å². The summed E-state index contributed by atoms with van der Waals surface area (Å²) in [4.78, 5) is 14.7. The fourth-order valence-corrected chi connectivity index (χ4v) is 5.96. The number of sulfonamides is 1. The predicted octanol–water partition coefficient (Wildman–Crippen LogP) is 1.71. The smallest absolute Gasteiger partial charge is 0.245 e. The number of aromatic nitrogens is 2. The molecule has 1 amide bonds. The van der Waals surface area contributed by atoms with Crippen LogP contribution in [0.1, 0.15) is 25.7 Å². The first-order valence-electron chi connectivity index (χ1n) is 8.57. The van der Waals surface area contributed by atoms with E-state index in [0.29, 0.717) is 24.0 Å². The number of hydrogen-bond acceptors (Lipinski definition) is 6. The van der Waals surface area contributed by atoms with Crippen LogP contribution in [0.3, 0.4) is 0 Å². The zero-order valence-electron chi connectivity index (χ0n) is 13.8. The Morgan fingerprint density at radius 1 is 1.12 bits per heavy atom. The van der Waals surface area contributed by atoms with Gasteiger partial charge < -0.3 is 4.90 Å². The van der Waals surface area contributed by atoms with Crippen LogP contribution in [0.15, 0.2) is 23.1 Å². The Morgan fingerprint density at radius 2 is 1.92 bits per heavy atom. The predicted molar refractivity (Wildman–Crippen MR) is 94.7 cm³/mol. The number of carbonyl (C=O) groups excluding carboxylic acids is 1. The van der Waals surface area contributed by atoms with Crippen LogP contribution in [0.4, 0.5) is 0 Å². The Labute approximate surface area is 151 Å². The molecule has 0 bridgehead atoms. The Kier molecular flexibility index (Phi) is 4.47. The molecule has 4 rings (SSSR count). The van der Waals surface area contributed by atoms with E-state index in [1.807, 2.05) is 4.90 Å². The van der Waals surface area contributed by atoms with Crippen LogP contribution in [0, 0.1) is 5.92 Å². The van der Waals surface area contributed by atoms with E-state index < -0.39 is 10.0 Å². The van der Waals surface area contributed by atoms with Crippen molar-refractivity contribution in [2.45, 2.75) is 30.6 Å². The third-order valence-corrected chi connectivity index (χ3v) is 7.46. The van der Waals surface area contributed by atoms with E-state index in [-0.39, 0.29) is 23.3 Å². The van der Waals surface area contributed by atoms with Crippen molar-refractivity contribution < 1.29 is 13.2 Å². The average molecular weight is 380 g/mol. The van der Waals surface area contributed by atoms with Crippen LogP contribution in [-0.2, 0) is 14.8 Å². The SMILES string of the molecule is O=C([C@@H]1CCCN(S(=O)(=O)c2cccc3nsnc23)C1)N1CCCC1. The molecule has 2 fully saturated rings. The van der Waals surface area contributed by atoms with Crippen molar-refractivity contribution in [1.82, 2.24) is 18.0 Å². The first kappa shape index (κ1) is 16.9. The number of amides is 1. The van der Waals surface area contributed by atoms with Crippen molar-refractivity contribution in [2.75, 3.05) is 26.2 Å². The van der Waals surface area contributed by atoms with Crippen LogP contribution in [-0.4, -0.2) is 58.5 Å². The highest BCUT2D eigenvalue weighted by Crippen LogP contribution is 2.29. The van der Waals surface area contributed by atoms with Crippen LogP contribution >= 0.6 is 11.7 Å². The maximum absolute atomic E-state index is 13.1. The Morgan fingerprint density at radius 3 is 2.72 bits per heavy atom. The maximum atomic E-state index is 13.1. The summed E-state index contributed by atoms with van der Waals surface area (Å²) in [6.07, 6.45) is 3.54.